The van der Waals surface area contributed by atoms with Crippen LogP contribution < -0.4 is 10.2 Å². The topological polar surface area (TPSA) is 70.8 Å². The van der Waals surface area contributed by atoms with Crippen molar-refractivity contribution in [3.8, 4) is 5.75 Å². The van der Waals surface area contributed by atoms with E-state index < -0.39 is 23.2 Å². The van der Waals surface area contributed by atoms with Gasteiger partial charge in [-0.25, -0.2) is 0 Å². The second kappa shape index (κ2) is 4.96. The minimum Gasteiger partial charge on any atom is -0.490 e. The molecule has 0 unspecified atom stereocenters. The maximum absolute atomic E-state index is 11.4. The molecule has 6 nitrogen and oxygen atoms in total. The second-order valence-electron chi connectivity index (χ2n) is 6.88. The fourth-order valence-electron chi connectivity index (χ4n) is 2.30. The Balaban J connectivity index is 1.91. The molecule has 7 heteroatoms. The Kier molecular flexibility index (Phi) is 3.45. The Morgan fingerprint density at radius 1 is 1.23 bits per heavy atom. The first-order chi connectivity index (χ1) is 10.2. The van der Waals surface area contributed by atoms with Gasteiger partial charge in [0.1, 0.15) is 5.75 Å². The normalized spacial score (nSPS) is 22.6. The number of benzene rings is 1. The third-order valence-corrected chi connectivity index (χ3v) is 4.53. The lowest BCUT2D eigenvalue weighted by Crippen LogP contribution is -2.41. The van der Waals surface area contributed by atoms with Crippen molar-refractivity contribution in [2.75, 3.05) is 0 Å². The van der Waals surface area contributed by atoms with Crippen molar-refractivity contribution < 1.29 is 19.0 Å². The standard InChI is InChI=1S/C15H20BNO5/c1-14(2)15(3,4)22-16(21-14)12-8-7-11(20-10-5-6-10)9-13(12)17(18)19/h7-10H,5-6H2,1-4H3. The molecule has 1 saturated carbocycles. The molecule has 2 fully saturated rings. The van der Waals surface area contributed by atoms with Crippen LogP contribution in [0.4, 0.5) is 5.69 Å². The lowest BCUT2D eigenvalue weighted by molar-refractivity contribution is -0.383. The first-order valence-electron chi connectivity index (χ1n) is 7.50. The van der Waals surface area contributed by atoms with E-state index in [1.807, 2.05) is 27.7 Å². The molecule has 1 aliphatic carbocycles. The molecular formula is C15H20BNO5. The molecule has 3 rings (SSSR count). The molecule has 1 aliphatic heterocycles. The summed E-state index contributed by atoms with van der Waals surface area (Å²) in [7, 11) is -0.750. The first kappa shape index (κ1) is 15.3. The molecule has 0 atom stereocenters. The molecule has 1 aromatic carbocycles. The first-order valence-corrected chi connectivity index (χ1v) is 7.50. The smallest absolute Gasteiger partial charge is 0.490 e. The van der Waals surface area contributed by atoms with Gasteiger partial charge in [-0.1, -0.05) is 6.07 Å². The van der Waals surface area contributed by atoms with E-state index in [1.54, 1.807) is 12.1 Å². The lowest BCUT2D eigenvalue weighted by Gasteiger charge is -2.32. The predicted octanol–water partition coefficient (Wildman–Crippen LogP) is 2.44. The highest BCUT2D eigenvalue weighted by Crippen LogP contribution is 2.37. The van der Waals surface area contributed by atoms with E-state index in [9.17, 15) is 10.1 Å². The van der Waals surface area contributed by atoms with E-state index in [0.717, 1.165) is 12.8 Å². The van der Waals surface area contributed by atoms with E-state index in [1.165, 1.54) is 6.07 Å². The summed E-state index contributed by atoms with van der Waals surface area (Å²) in [6.45, 7) is 7.68. The monoisotopic (exact) mass is 305 g/mol. The van der Waals surface area contributed by atoms with E-state index in [4.69, 9.17) is 14.0 Å². The highest BCUT2D eigenvalue weighted by atomic mass is 16.7. The summed E-state index contributed by atoms with van der Waals surface area (Å²) in [4.78, 5) is 11.0. The van der Waals surface area contributed by atoms with Crippen LogP contribution in [-0.4, -0.2) is 29.3 Å². The maximum Gasteiger partial charge on any atom is 0.501 e. The second-order valence-corrected chi connectivity index (χ2v) is 6.88. The average Bonchev–Trinajstić information content (AvgIpc) is 3.17. The molecular weight excluding hydrogens is 285 g/mol. The zero-order valence-electron chi connectivity index (χ0n) is 13.3. The van der Waals surface area contributed by atoms with Crippen LogP contribution in [0.15, 0.2) is 18.2 Å². The van der Waals surface area contributed by atoms with Crippen molar-refractivity contribution in [1.82, 2.24) is 0 Å². The fraction of sp³-hybridized carbons (Fsp3) is 0.600. The summed E-state index contributed by atoms with van der Waals surface area (Å²) < 4.78 is 17.4. The van der Waals surface area contributed by atoms with Crippen molar-refractivity contribution in [2.45, 2.75) is 57.8 Å². The third-order valence-electron chi connectivity index (χ3n) is 4.53. The molecule has 0 radical (unpaired) electrons. The van der Waals surface area contributed by atoms with Crippen LogP contribution in [0.5, 0.6) is 5.75 Å². The molecule has 118 valence electrons. The molecule has 0 spiro atoms. The largest absolute Gasteiger partial charge is 0.501 e. The molecule has 2 aliphatic rings. The van der Waals surface area contributed by atoms with Crippen molar-refractivity contribution >= 4 is 18.3 Å². The molecule has 0 N–H and O–H groups in total. The molecule has 1 saturated heterocycles. The van der Waals surface area contributed by atoms with E-state index in [0.29, 0.717) is 11.2 Å². The summed E-state index contributed by atoms with van der Waals surface area (Å²) in [6, 6.07) is 4.86. The molecule has 0 amide bonds. The van der Waals surface area contributed by atoms with Gasteiger partial charge in [0.05, 0.1) is 33.8 Å². The van der Waals surface area contributed by atoms with Crippen molar-refractivity contribution in [1.29, 1.82) is 0 Å². The van der Waals surface area contributed by atoms with E-state index >= 15 is 0 Å². The zero-order valence-corrected chi connectivity index (χ0v) is 13.3. The van der Waals surface area contributed by atoms with Gasteiger partial charge in [0.2, 0.25) is 0 Å². The Bertz CT molecular complexity index is 596. The summed E-state index contributed by atoms with van der Waals surface area (Å²) >= 11 is 0. The van der Waals surface area contributed by atoms with Crippen LogP contribution in [0.25, 0.3) is 0 Å². The number of hydrogen-bond donors (Lipinski definition) is 0. The summed E-state index contributed by atoms with van der Waals surface area (Å²) in [5.74, 6) is 0.523. The van der Waals surface area contributed by atoms with Gasteiger partial charge < -0.3 is 14.0 Å². The SMILES string of the molecule is CC1(C)OB(c2ccc(OC3CC3)cc2[N+](=O)[O-])OC1(C)C. The van der Waals surface area contributed by atoms with E-state index in [-0.39, 0.29) is 11.8 Å². The minimum absolute atomic E-state index is 0.0309. The van der Waals surface area contributed by atoms with Gasteiger partial charge >= 0.3 is 7.12 Å². The van der Waals surface area contributed by atoms with Crippen molar-refractivity contribution in [3.63, 3.8) is 0 Å². The van der Waals surface area contributed by atoms with Gasteiger partial charge in [-0.05, 0) is 46.6 Å². The minimum atomic E-state index is -0.750. The fourth-order valence-corrected chi connectivity index (χ4v) is 2.30. The maximum atomic E-state index is 11.4. The summed E-state index contributed by atoms with van der Waals surface area (Å²) in [5, 5.41) is 11.4. The Morgan fingerprint density at radius 2 is 1.82 bits per heavy atom. The van der Waals surface area contributed by atoms with E-state index in [2.05, 4.69) is 0 Å². The lowest BCUT2D eigenvalue weighted by atomic mass is 9.78. The number of nitrogens with zero attached hydrogens (tertiary/aromatic N) is 1. The van der Waals surface area contributed by atoms with Crippen LogP contribution in [0.1, 0.15) is 40.5 Å². The number of nitro benzene ring substituents is 1. The van der Waals surface area contributed by atoms with Crippen molar-refractivity contribution in [2.24, 2.45) is 0 Å². The summed E-state index contributed by atoms with van der Waals surface area (Å²) in [6.07, 6.45) is 2.21. The highest BCUT2D eigenvalue weighted by Gasteiger charge is 2.53. The predicted molar refractivity (Wildman–Crippen MR) is 82.5 cm³/mol. The quantitative estimate of drug-likeness (QED) is 0.485. The van der Waals surface area contributed by atoms with Gasteiger partial charge in [-0.15, -0.1) is 0 Å². The Hall–Kier alpha value is -1.60. The van der Waals surface area contributed by atoms with Crippen LogP contribution >= 0.6 is 0 Å². The van der Waals surface area contributed by atoms with Gasteiger partial charge in [-0.3, -0.25) is 10.1 Å². The van der Waals surface area contributed by atoms with Gasteiger partial charge in [0.25, 0.3) is 5.69 Å². The van der Waals surface area contributed by atoms with Gasteiger partial charge in [0, 0.05) is 0 Å². The number of nitro groups is 1. The number of ether oxygens (including phenoxy) is 1. The van der Waals surface area contributed by atoms with Crippen LogP contribution in [0.2, 0.25) is 0 Å². The molecule has 1 aromatic rings. The average molecular weight is 305 g/mol. The van der Waals surface area contributed by atoms with Crippen LogP contribution in [0, 0.1) is 10.1 Å². The van der Waals surface area contributed by atoms with Gasteiger partial charge in [0.15, 0.2) is 0 Å². The van der Waals surface area contributed by atoms with Gasteiger partial charge in [-0.2, -0.15) is 0 Å². The number of hydrogen-bond acceptors (Lipinski definition) is 5. The highest BCUT2D eigenvalue weighted by molar-refractivity contribution is 6.63. The summed E-state index contributed by atoms with van der Waals surface area (Å²) in [5.41, 5.74) is -0.674. The van der Waals surface area contributed by atoms with Crippen molar-refractivity contribution in [3.05, 3.63) is 28.3 Å². The molecule has 1 heterocycles. The van der Waals surface area contributed by atoms with Crippen LogP contribution in [-0.2, 0) is 9.31 Å². The zero-order chi connectivity index (χ0) is 16.1. The number of rotatable bonds is 4. The Morgan fingerprint density at radius 3 is 2.32 bits per heavy atom. The Labute approximate surface area is 130 Å². The molecule has 0 bridgehead atoms. The third kappa shape index (κ3) is 2.70. The molecule has 0 aromatic heterocycles. The van der Waals surface area contributed by atoms with Crippen LogP contribution in [0.3, 0.4) is 0 Å². The molecule has 22 heavy (non-hydrogen) atoms.